The quantitative estimate of drug-likeness (QED) is 0.277. The average molecular weight is 443 g/mol. The van der Waals surface area contributed by atoms with Crippen LogP contribution < -0.4 is 5.32 Å². The van der Waals surface area contributed by atoms with Crippen molar-refractivity contribution in [2.45, 2.75) is 80.1 Å². The van der Waals surface area contributed by atoms with Crippen molar-refractivity contribution in [3.63, 3.8) is 0 Å². The molecule has 0 aliphatic heterocycles. The number of nitrogens with one attached hydrogen (secondary N) is 1. The van der Waals surface area contributed by atoms with E-state index < -0.39 is 0 Å². The molecule has 0 aliphatic carbocycles. The lowest BCUT2D eigenvalue weighted by atomic mass is 9.94. The molecule has 0 aliphatic rings. The second-order valence-electron chi connectivity index (χ2n) is 8.80. The van der Waals surface area contributed by atoms with Crippen LogP contribution in [0.4, 0.5) is 0 Å². The molecule has 0 saturated heterocycles. The molecule has 0 bridgehead atoms. The molecule has 0 saturated carbocycles. The van der Waals surface area contributed by atoms with E-state index in [0.717, 1.165) is 25.7 Å². The fourth-order valence-electron chi connectivity index (χ4n) is 3.24. The zero-order valence-electron chi connectivity index (χ0n) is 21.0. The molecule has 0 radical (unpaired) electrons. The summed E-state index contributed by atoms with van der Waals surface area (Å²) in [7, 11) is 1.85. The van der Waals surface area contributed by atoms with Gasteiger partial charge in [-0.2, -0.15) is 5.01 Å². The van der Waals surface area contributed by atoms with E-state index in [0.29, 0.717) is 45.8 Å². The zero-order valence-corrected chi connectivity index (χ0v) is 21.0. The second-order valence-corrected chi connectivity index (χ2v) is 8.80. The van der Waals surface area contributed by atoms with Gasteiger partial charge < -0.3 is 15.0 Å². The predicted molar refractivity (Wildman–Crippen MR) is 124 cm³/mol. The fraction of sp³-hybridized carbons (Fsp3) is 0.870. The highest BCUT2D eigenvalue weighted by molar-refractivity contribution is 5.84. The summed E-state index contributed by atoms with van der Waals surface area (Å²) in [5, 5.41) is 6.24. The standard InChI is InChI=1S/C23H46N4O4/c1-8-12-14-20(28)24-16-22(30)26(10-3)17-23(5,6)18-31-19-25(7)27(11-4)21(29)15-13-9-2/h8-19H2,1-7H3,(H,24,28). The van der Waals surface area contributed by atoms with E-state index in [-0.39, 0.29) is 29.7 Å². The Balaban J connectivity index is 4.54. The van der Waals surface area contributed by atoms with Gasteiger partial charge in [-0.1, -0.05) is 40.5 Å². The second kappa shape index (κ2) is 16.0. The highest BCUT2D eigenvalue weighted by atomic mass is 16.5. The summed E-state index contributed by atoms with van der Waals surface area (Å²) in [5.74, 6) is -0.0551. The Morgan fingerprint density at radius 3 is 2.06 bits per heavy atom. The van der Waals surface area contributed by atoms with Crippen molar-refractivity contribution in [2.24, 2.45) is 5.41 Å². The average Bonchev–Trinajstić information content (AvgIpc) is 2.73. The van der Waals surface area contributed by atoms with Crippen molar-refractivity contribution in [1.82, 2.24) is 20.2 Å². The number of carbonyl (C=O) groups excluding carboxylic acids is 3. The first-order chi connectivity index (χ1) is 14.6. The summed E-state index contributed by atoms with van der Waals surface area (Å²) < 4.78 is 5.89. The van der Waals surface area contributed by atoms with Gasteiger partial charge in [-0.3, -0.25) is 19.4 Å². The first-order valence-corrected chi connectivity index (χ1v) is 11.7. The van der Waals surface area contributed by atoms with Crippen molar-refractivity contribution < 1.29 is 19.1 Å². The van der Waals surface area contributed by atoms with Gasteiger partial charge >= 0.3 is 0 Å². The van der Waals surface area contributed by atoms with Crippen molar-refractivity contribution in [3.05, 3.63) is 0 Å². The number of nitrogens with zero attached hydrogens (tertiary/aromatic N) is 3. The largest absolute Gasteiger partial charge is 0.364 e. The molecule has 0 atom stereocenters. The number of likely N-dealkylation sites (N-methyl/N-ethyl adjacent to an activating group) is 1. The topological polar surface area (TPSA) is 82.2 Å². The first-order valence-electron chi connectivity index (χ1n) is 11.7. The molecular weight excluding hydrogens is 396 g/mol. The van der Waals surface area contributed by atoms with E-state index in [1.807, 2.05) is 46.7 Å². The van der Waals surface area contributed by atoms with Crippen LogP contribution in [0.25, 0.3) is 0 Å². The van der Waals surface area contributed by atoms with Crippen LogP contribution in [0.3, 0.4) is 0 Å². The Labute approximate surface area is 189 Å². The molecule has 0 spiro atoms. The number of amides is 3. The number of rotatable bonds is 17. The molecule has 0 rings (SSSR count). The maximum Gasteiger partial charge on any atom is 0.241 e. The van der Waals surface area contributed by atoms with Gasteiger partial charge in [0.1, 0.15) is 6.73 Å². The number of hydrazine groups is 1. The van der Waals surface area contributed by atoms with Crippen LogP contribution in [0.1, 0.15) is 80.1 Å². The Kier molecular flexibility index (Phi) is 15.2. The summed E-state index contributed by atoms with van der Waals surface area (Å²) in [4.78, 5) is 38.3. The number of unbranched alkanes of at least 4 members (excludes halogenated alkanes) is 2. The summed E-state index contributed by atoms with van der Waals surface area (Å²) in [6.45, 7) is 14.6. The third-order valence-electron chi connectivity index (χ3n) is 5.06. The molecule has 8 heteroatoms. The van der Waals surface area contributed by atoms with Gasteiger partial charge in [-0.25, -0.2) is 0 Å². The Hall–Kier alpha value is -1.67. The van der Waals surface area contributed by atoms with Gasteiger partial charge in [0, 0.05) is 44.9 Å². The van der Waals surface area contributed by atoms with Crippen LogP contribution in [0.5, 0.6) is 0 Å². The summed E-state index contributed by atoms with van der Waals surface area (Å²) in [5.41, 5.74) is -0.262. The Morgan fingerprint density at radius 2 is 1.52 bits per heavy atom. The van der Waals surface area contributed by atoms with E-state index in [2.05, 4.69) is 12.2 Å². The molecule has 182 valence electrons. The molecule has 0 heterocycles. The van der Waals surface area contributed by atoms with Crippen LogP contribution in [0.15, 0.2) is 0 Å². The van der Waals surface area contributed by atoms with E-state index in [4.69, 9.17) is 4.74 Å². The number of hydrogen-bond donors (Lipinski definition) is 1. The fourth-order valence-corrected chi connectivity index (χ4v) is 3.24. The number of carbonyl (C=O) groups is 3. The lowest BCUT2D eigenvalue weighted by Crippen LogP contribution is -2.47. The molecule has 0 aromatic rings. The Bertz CT molecular complexity index is 540. The highest BCUT2D eigenvalue weighted by Crippen LogP contribution is 2.18. The zero-order chi connectivity index (χ0) is 23.9. The molecule has 0 fully saturated rings. The number of hydrogen-bond acceptors (Lipinski definition) is 5. The first kappa shape index (κ1) is 29.3. The lowest BCUT2D eigenvalue weighted by molar-refractivity contribution is -0.158. The summed E-state index contributed by atoms with van der Waals surface area (Å²) in [6, 6.07) is 0. The normalized spacial score (nSPS) is 11.5. The minimum Gasteiger partial charge on any atom is -0.364 e. The van der Waals surface area contributed by atoms with Gasteiger partial charge in [0.15, 0.2) is 0 Å². The van der Waals surface area contributed by atoms with Crippen molar-refractivity contribution in [1.29, 1.82) is 0 Å². The van der Waals surface area contributed by atoms with Crippen molar-refractivity contribution in [2.75, 3.05) is 46.6 Å². The van der Waals surface area contributed by atoms with E-state index in [9.17, 15) is 14.4 Å². The SMILES string of the molecule is CCCCC(=O)NCC(=O)N(CC)CC(C)(C)COCN(C)N(CC)C(=O)CCCC. The van der Waals surface area contributed by atoms with Gasteiger partial charge in [-0.15, -0.1) is 0 Å². The van der Waals surface area contributed by atoms with E-state index in [1.165, 1.54) is 0 Å². The molecule has 3 amide bonds. The molecule has 8 nitrogen and oxygen atoms in total. The third kappa shape index (κ3) is 12.7. The van der Waals surface area contributed by atoms with Crippen molar-refractivity contribution >= 4 is 17.7 Å². The van der Waals surface area contributed by atoms with Crippen LogP contribution in [-0.2, 0) is 19.1 Å². The van der Waals surface area contributed by atoms with Crippen LogP contribution >= 0.6 is 0 Å². The molecule has 31 heavy (non-hydrogen) atoms. The molecule has 0 aromatic carbocycles. The maximum atomic E-state index is 12.5. The maximum absolute atomic E-state index is 12.5. The van der Waals surface area contributed by atoms with Gasteiger partial charge in [0.05, 0.1) is 13.2 Å². The minimum atomic E-state index is -0.262. The van der Waals surface area contributed by atoms with Gasteiger partial charge in [0.25, 0.3) is 0 Å². The van der Waals surface area contributed by atoms with Crippen LogP contribution in [0, 0.1) is 5.41 Å². The molecular formula is C23H46N4O4. The summed E-state index contributed by atoms with van der Waals surface area (Å²) >= 11 is 0. The monoisotopic (exact) mass is 442 g/mol. The van der Waals surface area contributed by atoms with Gasteiger partial charge in [-0.05, 0) is 26.7 Å². The smallest absolute Gasteiger partial charge is 0.241 e. The van der Waals surface area contributed by atoms with Crippen LogP contribution in [-0.4, -0.2) is 79.2 Å². The van der Waals surface area contributed by atoms with Crippen molar-refractivity contribution in [3.8, 4) is 0 Å². The highest BCUT2D eigenvalue weighted by Gasteiger charge is 2.25. The summed E-state index contributed by atoms with van der Waals surface area (Å²) in [6.07, 6.45) is 4.66. The van der Waals surface area contributed by atoms with Gasteiger partial charge in [0.2, 0.25) is 17.7 Å². The third-order valence-corrected chi connectivity index (χ3v) is 5.06. The lowest BCUT2D eigenvalue weighted by Gasteiger charge is -2.34. The molecule has 0 aromatic heterocycles. The Morgan fingerprint density at radius 1 is 0.903 bits per heavy atom. The van der Waals surface area contributed by atoms with E-state index >= 15 is 0 Å². The minimum absolute atomic E-state index is 0.0292. The van der Waals surface area contributed by atoms with E-state index in [1.54, 1.807) is 9.91 Å². The molecule has 0 unspecified atom stereocenters. The molecule has 1 N–H and O–H groups in total. The number of ether oxygens (including phenoxy) is 1. The van der Waals surface area contributed by atoms with Crippen LogP contribution in [0.2, 0.25) is 0 Å². The predicted octanol–water partition coefficient (Wildman–Crippen LogP) is 3.03.